The molecule has 0 bridgehead atoms. The quantitative estimate of drug-likeness (QED) is 0.523. The van der Waals surface area contributed by atoms with Gasteiger partial charge in [-0.1, -0.05) is 63.2 Å². The van der Waals surface area contributed by atoms with Crippen molar-refractivity contribution in [1.82, 2.24) is 5.32 Å². The minimum atomic E-state index is -0.683. The highest BCUT2D eigenvalue weighted by molar-refractivity contribution is 5.86. The average Bonchev–Trinajstić information content (AvgIpc) is 2.71. The van der Waals surface area contributed by atoms with Crippen LogP contribution < -0.4 is 15.8 Å². The number of nitrogens with two attached hydrogens (primary N) is 1. The van der Waals surface area contributed by atoms with Gasteiger partial charge in [-0.2, -0.15) is 0 Å². The third kappa shape index (κ3) is 8.44. The Balaban J connectivity index is 1.68. The lowest BCUT2D eigenvalue weighted by atomic mass is 9.86. The fraction of sp³-hybridized carbons (Fsp3) is 0.462. The van der Waals surface area contributed by atoms with Crippen LogP contribution in [0.5, 0.6) is 5.75 Å². The van der Waals surface area contributed by atoms with Gasteiger partial charge >= 0.3 is 0 Å². The van der Waals surface area contributed by atoms with Gasteiger partial charge in [-0.25, -0.2) is 0 Å². The molecule has 0 aliphatic rings. The van der Waals surface area contributed by atoms with Crippen molar-refractivity contribution in [2.75, 3.05) is 6.61 Å². The van der Waals surface area contributed by atoms with Gasteiger partial charge in [-0.15, -0.1) is 0 Å². The summed E-state index contributed by atoms with van der Waals surface area (Å²) in [4.78, 5) is 23.9. The highest BCUT2D eigenvalue weighted by Gasteiger charge is 2.18. The van der Waals surface area contributed by atoms with Crippen molar-refractivity contribution in [3.05, 3.63) is 65.2 Å². The summed E-state index contributed by atoms with van der Waals surface area (Å²) in [5, 5.41) is 2.76. The molecule has 0 aromatic heterocycles. The number of unbranched alkanes of at least 4 members (excludes halogenated alkanes) is 2. The normalized spacial score (nSPS) is 12.3. The molecular formula is C26H36N2O3. The van der Waals surface area contributed by atoms with E-state index in [1.165, 1.54) is 5.56 Å². The van der Waals surface area contributed by atoms with Gasteiger partial charge in [0.15, 0.2) is 0 Å². The molecule has 2 rings (SSSR count). The maximum absolute atomic E-state index is 12.2. The molecule has 1 atom stereocenters. The van der Waals surface area contributed by atoms with Crippen molar-refractivity contribution >= 4 is 11.8 Å². The fourth-order valence-electron chi connectivity index (χ4n) is 3.36. The number of carbonyl (C=O) groups excluding carboxylic acids is 2. The van der Waals surface area contributed by atoms with E-state index in [1.807, 2.05) is 36.4 Å². The molecule has 0 heterocycles. The monoisotopic (exact) mass is 424 g/mol. The standard InChI is InChI=1S/C26H36N2O3/c1-19-17-21(26(2,3)4)14-15-23(19)31-16-10-6-9-13-24(29)28-22(25(27)30)18-20-11-7-5-8-12-20/h5,7-8,11-12,14-15,17,22H,6,9-10,13,16,18H2,1-4H3,(H2,27,30)(H,28,29). The molecule has 2 aromatic carbocycles. The Hall–Kier alpha value is -2.82. The third-order valence-corrected chi connectivity index (χ3v) is 5.31. The zero-order valence-corrected chi connectivity index (χ0v) is 19.2. The van der Waals surface area contributed by atoms with Crippen molar-refractivity contribution in [3.8, 4) is 5.75 Å². The number of nitrogens with one attached hydrogen (secondary N) is 1. The van der Waals surface area contributed by atoms with Crippen LogP contribution in [0.4, 0.5) is 0 Å². The molecule has 0 aliphatic carbocycles. The van der Waals surface area contributed by atoms with Gasteiger partial charge in [0.1, 0.15) is 11.8 Å². The molecule has 5 heteroatoms. The second-order valence-electron chi connectivity index (χ2n) is 9.10. The Bertz CT molecular complexity index is 857. The Morgan fingerprint density at radius 3 is 2.35 bits per heavy atom. The molecule has 0 saturated heterocycles. The Kier molecular flexibility index (Phi) is 9.10. The van der Waals surface area contributed by atoms with Crippen LogP contribution in [-0.4, -0.2) is 24.5 Å². The van der Waals surface area contributed by atoms with E-state index in [0.717, 1.165) is 36.1 Å². The summed E-state index contributed by atoms with van der Waals surface area (Å²) >= 11 is 0. The maximum atomic E-state index is 12.2. The predicted octanol–water partition coefficient (Wildman–Crippen LogP) is 4.44. The molecule has 168 valence electrons. The van der Waals surface area contributed by atoms with E-state index in [1.54, 1.807) is 0 Å². The highest BCUT2D eigenvalue weighted by Crippen LogP contribution is 2.27. The third-order valence-electron chi connectivity index (χ3n) is 5.31. The first-order valence-corrected chi connectivity index (χ1v) is 11.0. The first-order chi connectivity index (χ1) is 14.7. The molecule has 0 aliphatic heterocycles. The maximum Gasteiger partial charge on any atom is 0.240 e. The molecular weight excluding hydrogens is 388 g/mol. The van der Waals surface area contributed by atoms with Crippen molar-refractivity contribution in [3.63, 3.8) is 0 Å². The Labute approximate surface area is 186 Å². The highest BCUT2D eigenvalue weighted by atomic mass is 16.5. The summed E-state index contributed by atoms with van der Waals surface area (Å²) in [5.41, 5.74) is 8.99. The predicted molar refractivity (Wildman–Crippen MR) is 125 cm³/mol. The summed E-state index contributed by atoms with van der Waals surface area (Å²) in [6.45, 7) is 9.29. The number of hydrogen-bond acceptors (Lipinski definition) is 3. The molecule has 5 nitrogen and oxygen atoms in total. The zero-order chi connectivity index (χ0) is 22.9. The Morgan fingerprint density at radius 2 is 1.74 bits per heavy atom. The minimum Gasteiger partial charge on any atom is -0.493 e. The number of hydrogen-bond donors (Lipinski definition) is 2. The van der Waals surface area contributed by atoms with E-state index in [4.69, 9.17) is 10.5 Å². The van der Waals surface area contributed by atoms with Gasteiger partial charge in [0, 0.05) is 12.8 Å². The number of primary amides is 1. The van der Waals surface area contributed by atoms with Gasteiger partial charge in [-0.3, -0.25) is 9.59 Å². The van der Waals surface area contributed by atoms with E-state index in [0.29, 0.717) is 19.4 Å². The smallest absolute Gasteiger partial charge is 0.240 e. The molecule has 0 radical (unpaired) electrons. The second kappa shape index (κ2) is 11.5. The number of ether oxygens (including phenoxy) is 1. The zero-order valence-electron chi connectivity index (χ0n) is 19.2. The lowest BCUT2D eigenvalue weighted by Gasteiger charge is -2.20. The summed E-state index contributed by atoms with van der Waals surface area (Å²) in [5.74, 6) is 0.253. The minimum absolute atomic E-state index is 0.123. The van der Waals surface area contributed by atoms with Crippen molar-refractivity contribution in [2.45, 2.75) is 71.3 Å². The SMILES string of the molecule is Cc1cc(C(C)(C)C)ccc1OCCCCCC(=O)NC(Cc1ccccc1)C(N)=O. The number of benzene rings is 2. The van der Waals surface area contributed by atoms with E-state index < -0.39 is 11.9 Å². The Morgan fingerprint density at radius 1 is 1.03 bits per heavy atom. The first kappa shape index (κ1) is 24.4. The number of amides is 2. The number of aryl methyl sites for hydroxylation is 1. The van der Waals surface area contributed by atoms with E-state index >= 15 is 0 Å². The summed E-state index contributed by atoms with van der Waals surface area (Å²) < 4.78 is 5.91. The molecule has 1 unspecified atom stereocenters. The summed E-state index contributed by atoms with van der Waals surface area (Å²) in [6, 6.07) is 15.2. The van der Waals surface area contributed by atoms with Crippen molar-refractivity contribution in [2.24, 2.45) is 5.73 Å². The van der Waals surface area contributed by atoms with Crippen LogP contribution in [0, 0.1) is 6.92 Å². The van der Waals surface area contributed by atoms with E-state index in [9.17, 15) is 9.59 Å². The van der Waals surface area contributed by atoms with Crippen LogP contribution in [0.2, 0.25) is 0 Å². The first-order valence-electron chi connectivity index (χ1n) is 11.0. The lowest BCUT2D eigenvalue weighted by molar-refractivity contribution is -0.127. The van der Waals surface area contributed by atoms with Gasteiger partial charge in [0.05, 0.1) is 6.61 Å². The molecule has 0 spiro atoms. The molecule has 0 fully saturated rings. The van der Waals surface area contributed by atoms with E-state index in [2.05, 4.69) is 45.1 Å². The number of carbonyl (C=O) groups is 2. The fourth-order valence-corrected chi connectivity index (χ4v) is 3.36. The van der Waals surface area contributed by atoms with Crippen LogP contribution >= 0.6 is 0 Å². The van der Waals surface area contributed by atoms with Crippen LogP contribution in [0.1, 0.15) is 63.1 Å². The van der Waals surface area contributed by atoms with Crippen LogP contribution in [0.3, 0.4) is 0 Å². The average molecular weight is 425 g/mol. The van der Waals surface area contributed by atoms with Crippen LogP contribution in [0.25, 0.3) is 0 Å². The van der Waals surface area contributed by atoms with Crippen LogP contribution in [-0.2, 0) is 21.4 Å². The van der Waals surface area contributed by atoms with Gasteiger partial charge in [0.2, 0.25) is 11.8 Å². The van der Waals surface area contributed by atoms with Gasteiger partial charge in [-0.05, 0) is 54.4 Å². The topological polar surface area (TPSA) is 81.4 Å². The molecule has 2 amide bonds. The molecule has 0 saturated carbocycles. The van der Waals surface area contributed by atoms with Gasteiger partial charge < -0.3 is 15.8 Å². The summed E-state index contributed by atoms with van der Waals surface area (Å²) in [7, 11) is 0. The lowest BCUT2D eigenvalue weighted by Crippen LogP contribution is -2.45. The number of rotatable bonds is 11. The molecule has 31 heavy (non-hydrogen) atoms. The second-order valence-corrected chi connectivity index (χ2v) is 9.10. The van der Waals surface area contributed by atoms with E-state index in [-0.39, 0.29) is 11.3 Å². The van der Waals surface area contributed by atoms with Gasteiger partial charge in [0.25, 0.3) is 0 Å². The summed E-state index contributed by atoms with van der Waals surface area (Å²) in [6.07, 6.45) is 3.28. The molecule has 3 N–H and O–H groups in total. The molecule has 2 aromatic rings. The largest absolute Gasteiger partial charge is 0.493 e. The van der Waals surface area contributed by atoms with Crippen molar-refractivity contribution < 1.29 is 14.3 Å². The van der Waals surface area contributed by atoms with Crippen LogP contribution in [0.15, 0.2) is 48.5 Å². The van der Waals surface area contributed by atoms with Crippen molar-refractivity contribution in [1.29, 1.82) is 0 Å².